The highest BCUT2D eigenvalue weighted by Crippen LogP contribution is 2.16. The Labute approximate surface area is 97.2 Å². The molecule has 0 aliphatic rings. The molecule has 90 valence electrons. The van der Waals surface area contributed by atoms with E-state index in [4.69, 9.17) is 5.26 Å². The Morgan fingerprint density at radius 3 is 1.47 bits per heavy atom. The van der Waals surface area contributed by atoms with Gasteiger partial charge in [-0.25, -0.2) is 0 Å². The van der Waals surface area contributed by atoms with Gasteiger partial charge in [-0.1, -0.05) is 66.5 Å². The average Bonchev–Trinajstić information content (AvgIpc) is 2.05. The predicted molar refractivity (Wildman–Crippen MR) is 70.8 cm³/mol. The highest BCUT2D eigenvalue weighted by atomic mass is 14.2. The third-order valence-electron chi connectivity index (χ3n) is 1.44. The number of hydrogen-bond donors (Lipinski definition) is 0. The van der Waals surface area contributed by atoms with Gasteiger partial charge in [0, 0.05) is 0 Å². The summed E-state index contributed by atoms with van der Waals surface area (Å²) in [5.74, 6) is 0. The molecular formula is C14H29N. The van der Waals surface area contributed by atoms with E-state index in [0.29, 0.717) is 11.8 Å². The van der Waals surface area contributed by atoms with Crippen molar-refractivity contribution < 1.29 is 0 Å². The second-order valence-electron chi connectivity index (χ2n) is 4.91. The maximum Gasteiger partial charge on any atom is 0.0665 e. The Balaban J connectivity index is -0.000000153. The summed E-state index contributed by atoms with van der Waals surface area (Å²) in [6.45, 7) is 18.5. The van der Waals surface area contributed by atoms with Gasteiger partial charge in [-0.2, -0.15) is 5.26 Å². The molecule has 0 fully saturated rings. The summed E-state index contributed by atoms with van der Waals surface area (Å²) in [5, 5.41) is 7.93. The van der Waals surface area contributed by atoms with Crippen LogP contribution in [0.15, 0.2) is 12.2 Å². The van der Waals surface area contributed by atoms with Crippen LogP contribution in [0.25, 0.3) is 0 Å². The fraction of sp³-hybridized carbons (Fsp3) is 0.786. The molecule has 0 bridgehead atoms. The first-order valence-corrected chi connectivity index (χ1v) is 5.76. The van der Waals surface area contributed by atoms with E-state index in [1.54, 1.807) is 0 Å². The molecule has 0 atom stereocenters. The van der Waals surface area contributed by atoms with Crippen molar-refractivity contribution in [2.75, 3.05) is 0 Å². The summed E-state index contributed by atoms with van der Waals surface area (Å²) in [4.78, 5) is 0. The first kappa shape index (κ1) is 19.7. The van der Waals surface area contributed by atoms with Crippen molar-refractivity contribution in [1.29, 1.82) is 5.26 Å². The zero-order chi connectivity index (χ0) is 12.9. The van der Waals surface area contributed by atoms with Gasteiger partial charge in [0.1, 0.15) is 0 Å². The van der Waals surface area contributed by atoms with Crippen LogP contribution in [0.3, 0.4) is 0 Å². The van der Waals surface area contributed by atoms with Crippen molar-refractivity contribution in [1.82, 2.24) is 0 Å². The molecule has 0 saturated heterocycles. The van der Waals surface area contributed by atoms with E-state index in [1.165, 1.54) is 12.8 Å². The minimum atomic E-state index is 0.486. The fourth-order valence-corrected chi connectivity index (χ4v) is 0.135. The zero-order valence-electron chi connectivity index (χ0n) is 11.8. The van der Waals surface area contributed by atoms with Crippen molar-refractivity contribution in [3.05, 3.63) is 12.2 Å². The smallest absolute Gasteiger partial charge is 0.0665 e. The summed E-state index contributed by atoms with van der Waals surface area (Å²) in [6, 6.07) is 1.97. The number of nitrogens with zero attached hydrogens (tertiary/aromatic N) is 1. The molecule has 0 aromatic heterocycles. The standard InChI is InChI=1S/C6H14.C5H7N.C3H8/c1-5-6(2,3)4;1-5(2)3-4-6;1-3-2/h5H2,1-4H3;1,3H2,2H3;3H2,1-2H3. The molecule has 0 spiro atoms. The lowest BCUT2D eigenvalue weighted by Crippen LogP contribution is -2.00. The molecule has 0 N–H and O–H groups in total. The lowest BCUT2D eigenvalue weighted by molar-refractivity contribution is 0.398. The van der Waals surface area contributed by atoms with Crippen molar-refractivity contribution >= 4 is 0 Å². The van der Waals surface area contributed by atoms with Crippen molar-refractivity contribution in [2.24, 2.45) is 5.41 Å². The van der Waals surface area contributed by atoms with Gasteiger partial charge in [-0.3, -0.25) is 0 Å². The molecule has 0 amide bonds. The molecule has 0 heterocycles. The lowest BCUT2D eigenvalue weighted by Gasteiger charge is -2.12. The predicted octanol–water partition coefficient (Wildman–Crippen LogP) is 5.33. The van der Waals surface area contributed by atoms with Crippen LogP contribution >= 0.6 is 0 Å². The first-order valence-electron chi connectivity index (χ1n) is 5.76. The Morgan fingerprint density at radius 2 is 1.47 bits per heavy atom. The highest BCUT2D eigenvalue weighted by molar-refractivity contribution is 4.97. The van der Waals surface area contributed by atoms with Gasteiger partial charge >= 0.3 is 0 Å². The number of allylic oxidation sites excluding steroid dienone is 1. The third kappa shape index (κ3) is 61.0. The lowest BCUT2D eigenvalue weighted by atomic mass is 9.94. The Morgan fingerprint density at radius 1 is 1.20 bits per heavy atom. The second kappa shape index (κ2) is 13.2. The molecule has 0 unspecified atom stereocenters. The Hall–Kier alpha value is -0.770. The summed E-state index contributed by atoms with van der Waals surface area (Å²) in [6.07, 6.45) is 3.01. The van der Waals surface area contributed by atoms with Gasteiger partial charge in [0.15, 0.2) is 0 Å². The summed E-state index contributed by atoms with van der Waals surface area (Å²) < 4.78 is 0. The van der Waals surface area contributed by atoms with E-state index >= 15 is 0 Å². The Bertz CT molecular complexity index is 167. The summed E-state index contributed by atoms with van der Waals surface area (Å²) in [5.41, 5.74) is 1.47. The van der Waals surface area contributed by atoms with Crippen molar-refractivity contribution in [3.63, 3.8) is 0 Å². The maximum absolute atomic E-state index is 7.93. The van der Waals surface area contributed by atoms with Gasteiger partial charge in [0.05, 0.1) is 12.5 Å². The molecule has 0 saturated carbocycles. The zero-order valence-corrected chi connectivity index (χ0v) is 11.8. The van der Waals surface area contributed by atoms with Crippen LogP contribution in [-0.4, -0.2) is 0 Å². The Kier molecular flexibility index (Phi) is 17.4. The number of nitriles is 1. The molecule has 0 aromatic carbocycles. The SMILES string of the molecule is C=C(C)CC#N.CCC.CCC(C)(C)C. The summed E-state index contributed by atoms with van der Waals surface area (Å²) in [7, 11) is 0. The quantitative estimate of drug-likeness (QED) is 0.537. The first-order chi connectivity index (χ1) is 6.74. The minimum absolute atomic E-state index is 0.486. The highest BCUT2D eigenvalue weighted by Gasteiger charge is 2.03. The molecule has 0 aliphatic carbocycles. The maximum atomic E-state index is 7.93. The van der Waals surface area contributed by atoms with Gasteiger partial charge in [0.2, 0.25) is 0 Å². The van der Waals surface area contributed by atoms with Crippen molar-refractivity contribution in [2.45, 2.75) is 67.7 Å². The normalized spacial score (nSPS) is 8.67. The fourth-order valence-electron chi connectivity index (χ4n) is 0.135. The molecule has 0 aromatic rings. The number of hydrogen-bond acceptors (Lipinski definition) is 1. The van der Waals surface area contributed by atoms with Crippen LogP contribution in [0.2, 0.25) is 0 Å². The van der Waals surface area contributed by atoms with Gasteiger partial charge < -0.3 is 0 Å². The average molecular weight is 211 g/mol. The molecule has 1 nitrogen and oxygen atoms in total. The van der Waals surface area contributed by atoms with Crippen LogP contribution in [0.1, 0.15) is 67.7 Å². The molecule has 15 heavy (non-hydrogen) atoms. The molecule has 0 rings (SSSR count). The van der Waals surface area contributed by atoms with Crippen molar-refractivity contribution in [3.8, 4) is 6.07 Å². The minimum Gasteiger partial charge on any atom is -0.198 e. The number of rotatable bonds is 1. The van der Waals surface area contributed by atoms with Gasteiger partial charge in [0.25, 0.3) is 0 Å². The van der Waals surface area contributed by atoms with E-state index in [2.05, 4.69) is 48.1 Å². The molecule has 1 heteroatoms. The molecular weight excluding hydrogens is 182 g/mol. The van der Waals surface area contributed by atoms with Crippen LogP contribution in [0, 0.1) is 16.7 Å². The van der Waals surface area contributed by atoms with Crippen LogP contribution < -0.4 is 0 Å². The van der Waals surface area contributed by atoms with E-state index in [1.807, 2.05) is 13.0 Å². The monoisotopic (exact) mass is 211 g/mol. The summed E-state index contributed by atoms with van der Waals surface area (Å²) >= 11 is 0. The topological polar surface area (TPSA) is 23.8 Å². The van der Waals surface area contributed by atoms with E-state index in [-0.39, 0.29) is 0 Å². The van der Waals surface area contributed by atoms with Gasteiger partial charge in [-0.15, -0.1) is 0 Å². The second-order valence-corrected chi connectivity index (χ2v) is 4.91. The van der Waals surface area contributed by atoms with Crippen LogP contribution in [-0.2, 0) is 0 Å². The van der Waals surface area contributed by atoms with Crippen LogP contribution in [0.4, 0.5) is 0 Å². The van der Waals surface area contributed by atoms with Crippen LogP contribution in [0.5, 0.6) is 0 Å². The van der Waals surface area contributed by atoms with Gasteiger partial charge in [-0.05, 0) is 12.3 Å². The molecule has 0 aliphatic heterocycles. The van der Waals surface area contributed by atoms with E-state index in [0.717, 1.165) is 5.57 Å². The van der Waals surface area contributed by atoms with E-state index < -0.39 is 0 Å². The largest absolute Gasteiger partial charge is 0.198 e. The van der Waals surface area contributed by atoms with E-state index in [9.17, 15) is 0 Å². The molecule has 0 radical (unpaired) electrons. The third-order valence-corrected chi connectivity index (χ3v) is 1.44.